The second-order valence-electron chi connectivity index (χ2n) is 18.7. The lowest BCUT2D eigenvalue weighted by atomic mass is 9.87. The van der Waals surface area contributed by atoms with Gasteiger partial charge in [-0.2, -0.15) is 4.98 Å². The molecule has 5 aliphatic heterocycles. The van der Waals surface area contributed by atoms with Crippen molar-refractivity contribution >= 4 is 74.0 Å². The van der Waals surface area contributed by atoms with E-state index >= 15 is 0 Å². The molecule has 7 heterocycles. The number of piperidine rings is 3. The van der Waals surface area contributed by atoms with Crippen molar-refractivity contribution in [2.45, 2.75) is 113 Å². The van der Waals surface area contributed by atoms with Crippen LogP contribution in [0.25, 0.3) is 0 Å². The van der Waals surface area contributed by atoms with Crippen molar-refractivity contribution in [1.29, 1.82) is 0 Å². The van der Waals surface area contributed by atoms with E-state index in [0.29, 0.717) is 46.4 Å². The Morgan fingerprint density at radius 3 is 2.22 bits per heavy atom. The van der Waals surface area contributed by atoms with Crippen LogP contribution >= 0.6 is 11.6 Å². The second kappa shape index (κ2) is 18.8. The molecule has 0 saturated carbocycles. The highest BCUT2D eigenvalue weighted by Crippen LogP contribution is 2.39. The normalized spacial score (nSPS) is 20.4. The number of rotatable bonds is 13. The number of anilines is 5. The Balaban J connectivity index is 0.782. The lowest BCUT2D eigenvalue weighted by Crippen LogP contribution is -2.64. The number of ether oxygens (including phenoxy) is 1. The van der Waals surface area contributed by atoms with Crippen LogP contribution in [0.15, 0.2) is 59.6 Å². The van der Waals surface area contributed by atoms with Crippen LogP contribution < -0.4 is 25.6 Å². The van der Waals surface area contributed by atoms with E-state index in [1.165, 1.54) is 6.20 Å². The number of nitrogens with one attached hydrogen (secondary N) is 3. The Labute approximate surface area is 395 Å². The zero-order valence-corrected chi connectivity index (χ0v) is 40.0. The highest BCUT2D eigenvalue weighted by Gasteiger charge is 2.45. The Bertz CT molecular complexity index is 2710. The Kier molecular flexibility index (Phi) is 13.0. The molecule has 4 fully saturated rings. The number of hydrogen-bond acceptors (Lipinski definition) is 15. The molecular formula is C48H57ClN10O7S. The number of halogens is 1. The molecule has 67 heavy (non-hydrogen) atoms. The van der Waals surface area contributed by atoms with Gasteiger partial charge in [-0.1, -0.05) is 23.7 Å². The van der Waals surface area contributed by atoms with Crippen LogP contribution in [0.2, 0.25) is 5.02 Å². The fraction of sp³-hybridized carbons (Fsp3) is 0.479. The molecule has 5 aliphatic rings. The van der Waals surface area contributed by atoms with E-state index in [-0.39, 0.29) is 40.6 Å². The smallest absolute Gasteiger partial charge is 0.262 e. The van der Waals surface area contributed by atoms with Crippen molar-refractivity contribution in [3.63, 3.8) is 0 Å². The number of fused-ring (bicyclic) bond motifs is 1. The topological polar surface area (TPSA) is 199 Å². The quantitative estimate of drug-likeness (QED) is 0.128. The monoisotopic (exact) mass is 952 g/mol. The van der Waals surface area contributed by atoms with Gasteiger partial charge in [0.25, 0.3) is 11.8 Å². The zero-order chi connectivity index (χ0) is 47.3. The number of sulfone groups is 1. The Morgan fingerprint density at radius 1 is 0.806 bits per heavy atom. The minimum absolute atomic E-state index is 0.0881. The van der Waals surface area contributed by atoms with Gasteiger partial charge in [-0.05, 0) is 128 Å². The van der Waals surface area contributed by atoms with Crippen molar-refractivity contribution in [2.75, 3.05) is 54.8 Å². The van der Waals surface area contributed by atoms with Crippen LogP contribution in [0.1, 0.15) is 104 Å². The first-order chi connectivity index (χ1) is 32.0. The average Bonchev–Trinajstić information content (AvgIpc) is 3.53. The third-order valence-electron chi connectivity index (χ3n) is 13.8. The fourth-order valence-electron chi connectivity index (χ4n) is 10.0. The number of likely N-dealkylation sites (tertiary alicyclic amines) is 2. The Hall–Kier alpha value is -5.69. The minimum atomic E-state index is -3.59. The van der Waals surface area contributed by atoms with Gasteiger partial charge in [0.05, 0.1) is 39.3 Å². The first kappa shape index (κ1) is 46.4. The van der Waals surface area contributed by atoms with Crippen molar-refractivity contribution in [3.8, 4) is 5.75 Å². The predicted molar refractivity (Wildman–Crippen MR) is 254 cm³/mol. The number of nitrogens with zero attached hydrogens (tertiary/aromatic N) is 7. The molecule has 0 aliphatic carbocycles. The summed E-state index contributed by atoms with van der Waals surface area (Å²) in [4.78, 5) is 73.5. The van der Waals surface area contributed by atoms with Gasteiger partial charge in [-0.25, -0.2) is 18.4 Å². The molecule has 3 N–H and O–H groups in total. The summed E-state index contributed by atoms with van der Waals surface area (Å²) in [6.07, 6.45) is 5.58. The number of aromatic nitrogens is 3. The molecule has 1 unspecified atom stereocenters. The molecule has 0 spiro atoms. The van der Waals surface area contributed by atoms with Crippen molar-refractivity contribution in [3.05, 3.63) is 82.1 Å². The van der Waals surface area contributed by atoms with Crippen molar-refractivity contribution in [1.82, 2.24) is 35.0 Å². The van der Waals surface area contributed by atoms with Gasteiger partial charge in [0, 0.05) is 56.1 Å². The number of imide groups is 2. The van der Waals surface area contributed by atoms with Gasteiger partial charge < -0.3 is 20.3 Å². The Morgan fingerprint density at radius 2 is 1.52 bits per heavy atom. The van der Waals surface area contributed by atoms with E-state index in [4.69, 9.17) is 21.3 Å². The average molecular weight is 954 g/mol. The number of benzene rings is 2. The maximum absolute atomic E-state index is 13.4. The summed E-state index contributed by atoms with van der Waals surface area (Å²) >= 11 is 6.52. The maximum atomic E-state index is 13.4. The predicted octanol–water partition coefficient (Wildman–Crippen LogP) is 6.22. The largest absolute Gasteiger partial charge is 0.487 e. The maximum Gasteiger partial charge on any atom is 0.262 e. The van der Waals surface area contributed by atoms with Crippen molar-refractivity contribution in [2.24, 2.45) is 0 Å². The van der Waals surface area contributed by atoms with E-state index in [2.05, 4.69) is 46.7 Å². The molecule has 9 rings (SSSR count). The van der Waals surface area contributed by atoms with Crippen LogP contribution in [0, 0.1) is 6.92 Å². The number of pyridine rings is 1. The number of carbonyl (C=O) groups is 4. The highest BCUT2D eigenvalue weighted by molar-refractivity contribution is 7.92. The first-order valence-corrected chi connectivity index (χ1v) is 25.1. The van der Waals surface area contributed by atoms with Crippen LogP contribution in [0.5, 0.6) is 5.75 Å². The highest BCUT2D eigenvalue weighted by atomic mass is 35.5. The standard InChI is InChI=1S/C48H57ClN10O7S/c1-27(2)66-40-23-35(29(5)51-44(40)55-48-50-24-37(49)43(54-48)52-38-8-6-7-9-41(38)67(64,65)28(3)4)30-14-18-57(19-15-30)33-25-58(26-33)31-16-20-56(21-17-31)32-10-11-34-36(22-32)47(63)59(46(34)62)39-12-13-42(60)53-45(39)61/h6-11,22-24,27-28,30-31,33,39H,12-21,25-26H2,1-5H3,(H,53,60,61)(H2,50,51,52,54,55). The molecule has 19 heteroatoms. The summed E-state index contributed by atoms with van der Waals surface area (Å²) in [5.41, 5.74) is 3.92. The van der Waals surface area contributed by atoms with Gasteiger partial charge in [0.15, 0.2) is 27.2 Å². The third-order valence-corrected chi connectivity index (χ3v) is 16.3. The molecule has 0 radical (unpaired) electrons. The van der Waals surface area contributed by atoms with E-state index in [1.54, 1.807) is 50.2 Å². The molecule has 17 nitrogen and oxygen atoms in total. The van der Waals surface area contributed by atoms with Crippen molar-refractivity contribution < 1.29 is 32.3 Å². The summed E-state index contributed by atoms with van der Waals surface area (Å²) < 4.78 is 32.5. The summed E-state index contributed by atoms with van der Waals surface area (Å²) in [6, 6.07) is 14.2. The van der Waals surface area contributed by atoms with Gasteiger partial charge in [-0.3, -0.25) is 39.2 Å². The third kappa shape index (κ3) is 9.32. The van der Waals surface area contributed by atoms with Crippen LogP contribution in [-0.4, -0.2) is 130 Å². The van der Waals surface area contributed by atoms with Gasteiger partial charge in [0.1, 0.15) is 11.1 Å². The number of hydrogen-bond donors (Lipinski definition) is 3. The SMILES string of the molecule is Cc1nc(Nc2ncc(Cl)c(Nc3ccccc3S(=O)(=O)C(C)C)n2)c(OC(C)C)cc1C1CCN(C2CN(C3CCN(c4ccc5c(c4)C(=O)N(C4CCC(=O)NC4=O)C5=O)CC3)C2)CC1. The van der Waals surface area contributed by atoms with Crippen LogP contribution in [0.3, 0.4) is 0 Å². The molecule has 4 amide bonds. The molecule has 0 bridgehead atoms. The lowest BCUT2D eigenvalue weighted by molar-refractivity contribution is -0.136. The molecule has 2 aromatic carbocycles. The fourth-order valence-corrected chi connectivity index (χ4v) is 11.3. The molecule has 354 valence electrons. The number of carbonyl (C=O) groups excluding carboxylic acids is 4. The van der Waals surface area contributed by atoms with Gasteiger partial charge in [0.2, 0.25) is 17.8 Å². The summed E-state index contributed by atoms with van der Waals surface area (Å²) in [7, 11) is -3.59. The second-order valence-corrected chi connectivity index (χ2v) is 21.6. The number of aryl methyl sites for hydroxylation is 1. The summed E-state index contributed by atoms with van der Waals surface area (Å²) in [5, 5.41) is 8.21. The number of amides is 4. The van der Waals surface area contributed by atoms with E-state index in [9.17, 15) is 27.6 Å². The molecule has 4 saturated heterocycles. The zero-order valence-electron chi connectivity index (χ0n) is 38.4. The molecular weight excluding hydrogens is 896 g/mol. The minimum Gasteiger partial charge on any atom is -0.487 e. The van der Waals surface area contributed by atoms with Gasteiger partial charge in [-0.15, -0.1) is 0 Å². The van der Waals surface area contributed by atoms with E-state index in [0.717, 1.165) is 86.8 Å². The van der Waals surface area contributed by atoms with E-state index in [1.807, 2.05) is 26.8 Å². The summed E-state index contributed by atoms with van der Waals surface area (Å²) in [6.45, 7) is 15.0. The van der Waals surface area contributed by atoms with Gasteiger partial charge >= 0.3 is 0 Å². The molecule has 1 atom stereocenters. The van der Waals surface area contributed by atoms with Crippen LogP contribution in [-0.2, 0) is 19.4 Å². The summed E-state index contributed by atoms with van der Waals surface area (Å²) in [5.74, 6) is -0.123. The molecule has 2 aromatic heterocycles. The van der Waals surface area contributed by atoms with E-state index < -0.39 is 44.8 Å². The lowest BCUT2D eigenvalue weighted by Gasteiger charge is -2.52. The number of para-hydroxylation sites is 1. The molecule has 4 aromatic rings. The van der Waals surface area contributed by atoms with Crippen LogP contribution in [0.4, 0.5) is 29.0 Å². The first-order valence-electron chi connectivity index (χ1n) is 23.2.